The molecule has 0 aromatic heterocycles. The van der Waals surface area contributed by atoms with Gasteiger partial charge in [-0.1, -0.05) is 31.2 Å². The van der Waals surface area contributed by atoms with Crippen molar-refractivity contribution in [2.24, 2.45) is 28.0 Å². The second-order valence-electron chi connectivity index (χ2n) is 9.87. The lowest BCUT2D eigenvalue weighted by Gasteiger charge is -2.36. The van der Waals surface area contributed by atoms with Gasteiger partial charge in [0.05, 0.1) is 31.6 Å². The van der Waals surface area contributed by atoms with Crippen LogP contribution < -0.4 is 20.2 Å². The molecular formula is C29H31N5O5. The number of fused-ring (bicyclic) bond motifs is 1. The van der Waals surface area contributed by atoms with E-state index in [1.165, 1.54) is 5.01 Å². The Hall–Kier alpha value is -4.47. The molecule has 5 rings (SSSR count). The van der Waals surface area contributed by atoms with E-state index in [9.17, 15) is 14.4 Å². The molecule has 3 amide bonds. The number of ether oxygens (including phenoxy) is 2. The lowest BCUT2D eigenvalue weighted by molar-refractivity contribution is -0.140. The molecule has 39 heavy (non-hydrogen) atoms. The van der Waals surface area contributed by atoms with Crippen molar-refractivity contribution in [1.82, 2.24) is 10.4 Å². The largest absolute Gasteiger partial charge is 0.493 e. The fourth-order valence-corrected chi connectivity index (χ4v) is 5.28. The highest BCUT2D eigenvalue weighted by Crippen LogP contribution is 2.37. The third kappa shape index (κ3) is 5.41. The van der Waals surface area contributed by atoms with Crippen LogP contribution in [0, 0.1) is 17.8 Å². The first kappa shape index (κ1) is 26.1. The number of nitrogens with one attached hydrogen (secondary N) is 2. The summed E-state index contributed by atoms with van der Waals surface area (Å²) in [7, 11) is 3.15. The molecule has 202 valence electrons. The van der Waals surface area contributed by atoms with Crippen molar-refractivity contribution in [2.45, 2.75) is 26.2 Å². The van der Waals surface area contributed by atoms with Gasteiger partial charge in [0.2, 0.25) is 17.7 Å². The number of hydrogen-bond donors (Lipinski definition) is 2. The van der Waals surface area contributed by atoms with Crippen LogP contribution in [0.25, 0.3) is 0 Å². The second kappa shape index (κ2) is 11.1. The Morgan fingerprint density at radius 2 is 1.67 bits per heavy atom. The van der Waals surface area contributed by atoms with Gasteiger partial charge in [-0.15, -0.1) is 0 Å². The van der Waals surface area contributed by atoms with Crippen molar-refractivity contribution in [3.05, 3.63) is 65.7 Å². The lowest BCUT2D eigenvalue weighted by atomic mass is 9.76. The molecule has 2 aromatic carbocycles. The fourth-order valence-electron chi connectivity index (χ4n) is 5.28. The number of anilines is 1. The quantitative estimate of drug-likeness (QED) is 0.533. The van der Waals surface area contributed by atoms with Gasteiger partial charge in [0.25, 0.3) is 0 Å². The number of amides is 3. The smallest absolute Gasteiger partial charge is 0.247 e. The van der Waals surface area contributed by atoms with Crippen molar-refractivity contribution in [3.8, 4) is 11.5 Å². The summed E-state index contributed by atoms with van der Waals surface area (Å²) in [4.78, 5) is 37.9. The summed E-state index contributed by atoms with van der Waals surface area (Å²) in [5.74, 6) is 0.184. The molecule has 2 aliphatic heterocycles. The van der Waals surface area contributed by atoms with Gasteiger partial charge in [-0.2, -0.15) is 10.2 Å². The minimum absolute atomic E-state index is 0.000454. The predicted octanol–water partition coefficient (Wildman–Crippen LogP) is 3.33. The summed E-state index contributed by atoms with van der Waals surface area (Å²) in [6, 6.07) is 12.8. The van der Waals surface area contributed by atoms with E-state index in [4.69, 9.17) is 9.47 Å². The Morgan fingerprint density at radius 3 is 2.36 bits per heavy atom. The van der Waals surface area contributed by atoms with Gasteiger partial charge in [-0.05, 0) is 48.7 Å². The van der Waals surface area contributed by atoms with E-state index in [-0.39, 0.29) is 42.0 Å². The number of hydrogen-bond acceptors (Lipinski definition) is 7. The number of carbonyl (C=O) groups excluding carboxylic acids is 3. The van der Waals surface area contributed by atoms with Gasteiger partial charge in [-0.3, -0.25) is 14.4 Å². The lowest BCUT2D eigenvalue weighted by Crippen LogP contribution is -2.47. The first-order valence-electron chi connectivity index (χ1n) is 12.9. The molecule has 3 atom stereocenters. The molecule has 0 fully saturated rings. The third-order valence-corrected chi connectivity index (χ3v) is 7.28. The third-order valence-electron chi connectivity index (χ3n) is 7.28. The van der Waals surface area contributed by atoms with E-state index in [0.717, 1.165) is 22.6 Å². The monoisotopic (exact) mass is 529 g/mol. The molecule has 2 heterocycles. The molecule has 0 saturated carbocycles. The number of nitrogens with zero attached hydrogens (tertiary/aromatic N) is 3. The number of benzene rings is 2. The van der Waals surface area contributed by atoms with E-state index in [2.05, 4.69) is 27.0 Å². The SMILES string of the molecule is COc1ccc(C2=NN(CC(=O)Nc3ccc(C4=NNC(=O)CC4C)cc3)C(=O)C3CC=CCC23)cc1OC. The summed E-state index contributed by atoms with van der Waals surface area (Å²) in [6.45, 7) is 1.74. The summed E-state index contributed by atoms with van der Waals surface area (Å²) in [5.41, 5.74) is 6.33. The van der Waals surface area contributed by atoms with Crippen LogP contribution in [0.15, 0.2) is 64.8 Å². The highest BCUT2D eigenvalue weighted by molar-refractivity contribution is 6.08. The minimum Gasteiger partial charge on any atom is -0.493 e. The van der Waals surface area contributed by atoms with Crippen LogP contribution >= 0.6 is 0 Å². The van der Waals surface area contributed by atoms with Crippen molar-refractivity contribution in [3.63, 3.8) is 0 Å². The maximum Gasteiger partial charge on any atom is 0.247 e. The van der Waals surface area contributed by atoms with Crippen molar-refractivity contribution < 1.29 is 23.9 Å². The van der Waals surface area contributed by atoms with Crippen LogP contribution in [-0.2, 0) is 14.4 Å². The first-order chi connectivity index (χ1) is 18.9. The van der Waals surface area contributed by atoms with Crippen LogP contribution in [0.2, 0.25) is 0 Å². The van der Waals surface area contributed by atoms with Gasteiger partial charge >= 0.3 is 0 Å². The normalized spacial score (nSPS) is 22.3. The number of hydrazone groups is 2. The van der Waals surface area contributed by atoms with Crippen molar-refractivity contribution >= 4 is 34.8 Å². The first-order valence-corrected chi connectivity index (χ1v) is 12.9. The zero-order chi connectivity index (χ0) is 27.5. The van der Waals surface area contributed by atoms with Crippen molar-refractivity contribution in [2.75, 3.05) is 26.1 Å². The Morgan fingerprint density at radius 1 is 0.974 bits per heavy atom. The standard InChI is InChI=1S/C29H31N5O5/c1-17-14-25(35)31-32-27(17)18-8-11-20(12-9-18)30-26(36)16-34-29(37)22-7-5-4-6-21(22)28(33-34)19-10-13-23(38-2)24(15-19)39-3/h4-5,8-13,15,17,21-22H,6-7,14,16H2,1-3H3,(H,30,36)(H,31,35). The van der Waals surface area contributed by atoms with Crippen LogP contribution in [0.5, 0.6) is 11.5 Å². The van der Waals surface area contributed by atoms with Crippen LogP contribution in [0.1, 0.15) is 37.3 Å². The van der Waals surface area contributed by atoms with Crippen LogP contribution in [-0.4, -0.2) is 54.9 Å². The number of rotatable bonds is 7. The van der Waals surface area contributed by atoms with Gasteiger partial charge in [0, 0.05) is 29.5 Å². The molecule has 10 nitrogen and oxygen atoms in total. The molecular weight excluding hydrogens is 498 g/mol. The molecule has 3 unspecified atom stereocenters. The summed E-state index contributed by atoms with van der Waals surface area (Å²) in [5, 5.41) is 13.0. The van der Waals surface area contributed by atoms with Gasteiger partial charge in [0.15, 0.2) is 11.5 Å². The molecule has 0 saturated heterocycles. The molecule has 10 heteroatoms. The van der Waals surface area contributed by atoms with E-state index < -0.39 is 0 Å². The van der Waals surface area contributed by atoms with E-state index >= 15 is 0 Å². The Bertz CT molecular complexity index is 1380. The van der Waals surface area contributed by atoms with E-state index in [1.807, 2.05) is 43.3 Å². The highest BCUT2D eigenvalue weighted by Gasteiger charge is 2.40. The van der Waals surface area contributed by atoms with E-state index in [1.54, 1.807) is 26.4 Å². The van der Waals surface area contributed by atoms with Crippen LogP contribution in [0.4, 0.5) is 5.69 Å². The average Bonchev–Trinajstić information content (AvgIpc) is 2.95. The Kier molecular flexibility index (Phi) is 7.44. The molecule has 2 N–H and O–H groups in total. The topological polar surface area (TPSA) is 122 Å². The zero-order valence-electron chi connectivity index (χ0n) is 22.1. The maximum absolute atomic E-state index is 13.3. The molecule has 3 aliphatic rings. The number of allylic oxidation sites excluding steroid dienone is 2. The molecule has 0 spiro atoms. The van der Waals surface area contributed by atoms with Crippen molar-refractivity contribution in [1.29, 1.82) is 0 Å². The zero-order valence-corrected chi connectivity index (χ0v) is 22.1. The Balaban J connectivity index is 1.34. The minimum atomic E-state index is -0.355. The summed E-state index contributed by atoms with van der Waals surface area (Å²) >= 11 is 0. The number of methoxy groups -OCH3 is 2. The molecule has 0 radical (unpaired) electrons. The van der Waals surface area contributed by atoms with Gasteiger partial charge in [0.1, 0.15) is 6.54 Å². The number of carbonyl (C=O) groups is 3. The van der Waals surface area contributed by atoms with Crippen LogP contribution in [0.3, 0.4) is 0 Å². The predicted molar refractivity (Wildman–Crippen MR) is 147 cm³/mol. The Labute approximate surface area is 226 Å². The average molecular weight is 530 g/mol. The highest BCUT2D eigenvalue weighted by atomic mass is 16.5. The summed E-state index contributed by atoms with van der Waals surface area (Å²) in [6.07, 6.45) is 5.76. The molecule has 2 aromatic rings. The van der Waals surface area contributed by atoms with Gasteiger partial charge in [-0.25, -0.2) is 10.4 Å². The van der Waals surface area contributed by atoms with E-state index in [0.29, 0.717) is 36.4 Å². The fraction of sp³-hybridized carbons (Fsp3) is 0.345. The maximum atomic E-state index is 13.3. The molecule has 1 aliphatic carbocycles. The molecule has 0 bridgehead atoms. The second-order valence-corrected chi connectivity index (χ2v) is 9.87. The summed E-state index contributed by atoms with van der Waals surface area (Å²) < 4.78 is 10.8. The van der Waals surface area contributed by atoms with Gasteiger partial charge < -0.3 is 14.8 Å².